The molecule has 2 atom stereocenters. The van der Waals surface area contributed by atoms with Gasteiger partial charge in [-0.15, -0.1) is 24.0 Å². The van der Waals surface area contributed by atoms with Crippen LogP contribution in [0.3, 0.4) is 0 Å². The fourth-order valence-electron chi connectivity index (χ4n) is 2.59. The van der Waals surface area contributed by atoms with Gasteiger partial charge in [0.15, 0.2) is 5.96 Å². The molecule has 0 aliphatic carbocycles. The van der Waals surface area contributed by atoms with Crippen molar-refractivity contribution in [1.82, 2.24) is 10.6 Å². The van der Waals surface area contributed by atoms with Crippen LogP contribution in [-0.2, 0) is 11.3 Å². The van der Waals surface area contributed by atoms with Gasteiger partial charge in [-0.3, -0.25) is 0 Å². The van der Waals surface area contributed by atoms with E-state index in [0.29, 0.717) is 19.0 Å². The Morgan fingerprint density at radius 3 is 2.38 bits per heavy atom. The van der Waals surface area contributed by atoms with Gasteiger partial charge in [0.25, 0.3) is 0 Å². The molecule has 0 saturated carbocycles. The molecule has 7 heteroatoms. The summed E-state index contributed by atoms with van der Waals surface area (Å²) in [5.41, 5.74) is 2.18. The number of aliphatic hydroxyl groups is 1. The molecule has 0 aliphatic heterocycles. The predicted octanol–water partition coefficient (Wildman–Crippen LogP) is 3.51. The molecule has 0 aromatic heterocycles. The van der Waals surface area contributed by atoms with Crippen molar-refractivity contribution >= 4 is 29.9 Å². The summed E-state index contributed by atoms with van der Waals surface area (Å²) >= 11 is 0. The molecular weight excluding hydrogens is 481 g/mol. The Balaban J connectivity index is 0.00000420. The summed E-state index contributed by atoms with van der Waals surface area (Å²) in [4.78, 5) is 4.56. The second-order valence-corrected chi connectivity index (χ2v) is 6.46. The molecule has 3 N–H and O–H groups in total. The van der Waals surface area contributed by atoms with Crippen LogP contribution < -0.4 is 15.4 Å². The first kappa shape index (κ1) is 25.2. The molecule has 0 bridgehead atoms. The molecular formula is C22H32IN3O3. The highest BCUT2D eigenvalue weighted by Crippen LogP contribution is 2.16. The summed E-state index contributed by atoms with van der Waals surface area (Å²) in [6.45, 7) is 5.88. The van der Waals surface area contributed by atoms with Gasteiger partial charge in [-0.1, -0.05) is 42.5 Å². The Hall–Kier alpha value is -1.84. The number of ether oxygens (including phenoxy) is 2. The van der Waals surface area contributed by atoms with Gasteiger partial charge in [0.05, 0.1) is 32.5 Å². The lowest BCUT2D eigenvalue weighted by molar-refractivity contribution is -0.000599. The Morgan fingerprint density at radius 2 is 1.76 bits per heavy atom. The number of aliphatic imine (C=N–C) groups is 1. The van der Waals surface area contributed by atoms with E-state index >= 15 is 0 Å². The SMILES string of the molecule is CCNC(=NCc1ccc(OC)cc1)NCC(O)COC(C)c1ccccc1.I. The third-order valence-corrected chi connectivity index (χ3v) is 4.24. The number of methoxy groups -OCH3 is 1. The second kappa shape index (κ2) is 14.2. The molecule has 2 aromatic carbocycles. The maximum Gasteiger partial charge on any atom is 0.191 e. The van der Waals surface area contributed by atoms with Gasteiger partial charge in [0.2, 0.25) is 0 Å². The summed E-state index contributed by atoms with van der Waals surface area (Å²) in [6, 6.07) is 17.8. The lowest BCUT2D eigenvalue weighted by Gasteiger charge is -2.18. The highest BCUT2D eigenvalue weighted by Gasteiger charge is 2.10. The molecule has 0 amide bonds. The van der Waals surface area contributed by atoms with E-state index in [-0.39, 0.29) is 36.7 Å². The van der Waals surface area contributed by atoms with Crippen LogP contribution in [0.15, 0.2) is 59.6 Å². The standard InChI is InChI=1S/C22H31N3O3.HI/c1-4-23-22(24-14-18-10-12-21(27-3)13-11-18)25-15-20(26)16-28-17(2)19-8-6-5-7-9-19;/h5-13,17,20,26H,4,14-16H2,1-3H3,(H2,23,24,25);1H. The van der Waals surface area contributed by atoms with Crippen molar-refractivity contribution in [2.24, 2.45) is 4.99 Å². The number of nitrogens with one attached hydrogen (secondary N) is 2. The van der Waals surface area contributed by atoms with Crippen LogP contribution in [0.2, 0.25) is 0 Å². The maximum atomic E-state index is 10.2. The first-order valence-electron chi connectivity index (χ1n) is 9.62. The molecule has 0 radical (unpaired) electrons. The largest absolute Gasteiger partial charge is 0.497 e. The molecule has 0 saturated heterocycles. The second-order valence-electron chi connectivity index (χ2n) is 6.46. The van der Waals surface area contributed by atoms with Crippen molar-refractivity contribution in [2.45, 2.75) is 32.6 Å². The van der Waals surface area contributed by atoms with Gasteiger partial charge in [-0.2, -0.15) is 0 Å². The average Bonchev–Trinajstić information content (AvgIpc) is 2.75. The van der Waals surface area contributed by atoms with E-state index in [1.54, 1.807) is 7.11 Å². The quantitative estimate of drug-likeness (QED) is 0.258. The fourth-order valence-corrected chi connectivity index (χ4v) is 2.59. The van der Waals surface area contributed by atoms with Crippen molar-refractivity contribution in [1.29, 1.82) is 0 Å². The lowest BCUT2D eigenvalue weighted by Crippen LogP contribution is -2.42. The van der Waals surface area contributed by atoms with E-state index in [4.69, 9.17) is 9.47 Å². The fraction of sp³-hybridized carbons (Fsp3) is 0.409. The molecule has 2 unspecified atom stereocenters. The van der Waals surface area contributed by atoms with Gasteiger partial charge in [-0.05, 0) is 37.1 Å². The van der Waals surface area contributed by atoms with E-state index in [0.717, 1.165) is 23.4 Å². The van der Waals surface area contributed by atoms with E-state index in [1.807, 2.05) is 68.4 Å². The summed E-state index contributed by atoms with van der Waals surface area (Å²) < 4.78 is 10.9. The smallest absolute Gasteiger partial charge is 0.191 e. The molecule has 29 heavy (non-hydrogen) atoms. The molecule has 0 fully saturated rings. The number of halogens is 1. The Kier molecular flexibility index (Phi) is 12.3. The number of guanidine groups is 1. The van der Waals surface area contributed by atoms with Crippen LogP contribution >= 0.6 is 24.0 Å². The van der Waals surface area contributed by atoms with Crippen molar-refractivity contribution < 1.29 is 14.6 Å². The van der Waals surface area contributed by atoms with Gasteiger partial charge in [0.1, 0.15) is 5.75 Å². The van der Waals surface area contributed by atoms with E-state index in [9.17, 15) is 5.11 Å². The first-order chi connectivity index (χ1) is 13.6. The minimum atomic E-state index is -0.629. The van der Waals surface area contributed by atoms with Crippen LogP contribution in [0.1, 0.15) is 31.1 Å². The molecule has 0 aliphatic rings. The van der Waals surface area contributed by atoms with E-state index in [2.05, 4.69) is 15.6 Å². The van der Waals surface area contributed by atoms with Gasteiger partial charge in [0, 0.05) is 13.1 Å². The third kappa shape index (κ3) is 9.47. The summed E-state index contributed by atoms with van der Waals surface area (Å²) in [6.07, 6.45) is -0.691. The first-order valence-corrected chi connectivity index (χ1v) is 9.62. The number of nitrogens with zero attached hydrogens (tertiary/aromatic N) is 1. The normalized spacial score (nSPS) is 13.2. The van der Waals surface area contributed by atoms with Gasteiger partial charge in [-0.25, -0.2) is 4.99 Å². The van der Waals surface area contributed by atoms with E-state index in [1.165, 1.54) is 0 Å². The van der Waals surface area contributed by atoms with Crippen molar-refractivity contribution in [3.8, 4) is 5.75 Å². The number of benzene rings is 2. The number of rotatable bonds is 10. The lowest BCUT2D eigenvalue weighted by atomic mass is 10.1. The highest BCUT2D eigenvalue weighted by atomic mass is 127. The molecule has 0 spiro atoms. The molecule has 6 nitrogen and oxygen atoms in total. The van der Waals surface area contributed by atoms with Crippen LogP contribution in [0.25, 0.3) is 0 Å². The topological polar surface area (TPSA) is 75.1 Å². The summed E-state index contributed by atoms with van der Waals surface area (Å²) in [5, 5.41) is 16.6. The van der Waals surface area contributed by atoms with Crippen LogP contribution in [0.5, 0.6) is 5.75 Å². The number of hydrogen-bond donors (Lipinski definition) is 3. The summed E-state index contributed by atoms with van der Waals surface area (Å²) in [7, 11) is 1.65. The maximum absolute atomic E-state index is 10.2. The van der Waals surface area contributed by atoms with Gasteiger partial charge >= 0.3 is 0 Å². The monoisotopic (exact) mass is 513 g/mol. The van der Waals surface area contributed by atoms with Crippen LogP contribution in [0.4, 0.5) is 0 Å². The Morgan fingerprint density at radius 1 is 1.07 bits per heavy atom. The van der Waals surface area contributed by atoms with Crippen LogP contribution in [-0.4, -0.2) is 44.0 Å². The number of aliphatic hydroxyl groups excluding tert-OH is 1. The molecule has 2 rings (SSSR count). The average molecular weight is 513 g/mol. The minimum absolute atomic E-state index is 0. The summed E-state index contributed by atoms with van der Waals surface area (Å²) in [5.74, 6) is 1.49. The Bertz CT molecular complexity index is 711. The zero-order valence-corrected chi connectivity index (χ0v) is 19.6. The Labute approximate surface area is 190 Å². The molecule has 160 valence electrons. The zero-order valence-electron chi connectivity index (χ0n) is 17.3. The highest BCUT2D eigenvalue weighted by molar-refractivity contribution is 14.0. The van der Waals surface area contributed by atoms with Crippen molar-refractivity contribution in [2.75, 3.05) is 26.8 Å². The molecule has 0 heterocycles. The van der Waals surface area contributed by atoms with Gasteiger partial charge < -0.3 is 25.2 Å². The minimum Gasteiger partial charge on any atom is -0.497 e. The zero-order chi connectivity index (χ0) is 20.2. The third-order valence-electron chi connectivity index (χ3n) is 4.24. The molecule has 2 aromatic rings. The van der Waals surface area contributed by atoms with E-state index < -0.39 is 6.10 Å². The van der Waals surface area contributed by atoms with Crippen molar-refractivity contribution in [3.63, 3.8) is 0 Å². The van der Waals surface area contributed by atoms with Crippen molar-refractivity contribution in [3.05, 3.63) is 65.7 Å². The number of hydrogen-bond acceptors (Lipinski definition) is 4. The predicted molar refractivity (Wildman–Crippen MR) is 128 cm³/mol. The van der Waals surface area contributed by atoms with Crippen LogP contribution in [0, 0.1) is 0 Å².